The van der Waals surface area contributed by atoms with E-state index in [-0.39, 0.29) is 0 Å². The summed E-state index contributed by atoms with van der Waals surface area (Å²) in [6.45, 7) is 4.33. The summed E-state index contributed by atoms with van der Waals surface area (Å²) in [5.74, 6) is 2.56. The molecule has 3 aromatic rings. The van der Waals surface area contributed by atoms with Crippen molar-refractivity contribution in [3.8, 4) is 5.82 Å². The van der Waals surface area contributed by atoms with Gasteiger partial charge in [0.2, 0.25) is 0 Å². The Morgan fingerprint density at radius 3 is 2.73 bits per heavy atom. The summed E-state index contributed by atoms with van der Waals surface area (Å²) >= 11 is 0. The number of pyridine rings is 1. The van der Waals surface area contributed by atoms with Gasteiger partial charge in [-0.1, -0.05) is 6.07 Å². The minimum atomic E-state index is 0.662. The first-order valence-electron chi connectivity index (χ1n) is 8.63. The van der Waals surface area contributed by atoms with Crippen LogP contribution in [0.2, 0.25) is 0 Å². The van der Waals surface area contributed by atoms with Gasteiger partial charge in [-0.3, -0.25) is 14.2 Å². The van der Waals surface area contributed by atoms with E-state index in [0.29, 0.717) is 6.54 Å². The highest BCUT2D eigenvalue weighted by Gasteiger charge is 2.03. The van der Waals surface area contributed by atoms with Gasteiger partial charge in [-0.15, -0.1) is 0 Å². The highest BCUT2D eigenvalue weighted by molar-refractivity contribution is 5.79. The number of aryl methyl sites for hydroxylation is 2. The molecule has 26 heavy (non-hydrogen) atoms. The molecule has 0 radical (unpaired) electrons. The average Bonchev–Trinajstić information content (AvgIpc) is 3.33. The molecule has 8 heteroatoms. The summed E-state index contributed by atoms with van der Waals surface area (Å²) in [5.41, 5.74) is 1.09. The summed E-state index contributed by atoms with van der Waals surface area (Å²) in [6.07, 6.45) is 10.3. The zero-order valence-electron chi connectivity index (χ0n) is 15.1. The Labute approximate surface area is 153 Å². The van der Waals surface area contributed by atoms with Crippen molar-refractivity contribution < 1.29 is 0 Å². The Hall–Kier alpha value is -3.16. The van der Waals surface area contributed by atoms with Crippen molar-refractivity contribution in [2.75, 3.05) is 13.6 Å². The molecule has 3 rings (SSSR count). The summed E-state index contributed by atoms with van der Waals surface area (Å²) in [4.78, 5) is 13.0. The molecule has 0 aliphatic carbocycles. The monoisotopic (exact) mass is 352 g/mol. The number of aliphatic imine (C=N–C) groups is 1. The Balaban J connectivity index is 1.44. The second kappa shape index (κ2) is 8.80. The van der Waals surface area contributed by atoms with Gasteiger partial charge in [0.1, 0.15) is 11.6 Å². The van der Waals surface area contributed by atoms with E-state index < -0.39 is 0 Å². The molecule has 0 aliphatic heterocycles. The Morgan fingerprint density at radius 1 is 1.15 bits per heavy atom. The molecule has 0 saturated heterocycles. The normalized spacial score (nSPS) is 11.5. The van der Waals surface area contributed by atoms with Crippen molar-refractivity contribution in [1.29, 1.82) is 0 Å². The van der Waals surface area contributed by atoms with Crippen molar-refractivity contribution in [3.05, 3.63) is 60.6 Å². The van der Waals surface area contributed by atoms with Crippen LogP contribution in [0.3, 0.4) is 0 Å². The lowest BCUT2D eigenvalue weighted by Crippen LogP contribution is -2.37. The molecular formula is C18H24N8. The lowest BCUT2D eigenvalue weighted by atomic mass is 10.3. The lowest BCUT2D eigenvalue weighted by Gasteiger charge is -2.12. The van der Waals surface area contributed by atoms with Gasteiger partial charge in [0, 0.05) is 57.7 Å². The molecule has 2 N–H and O–H groups in total. The van der Waals surface area contributed by atoms with Crippen LogP contribution >= 0.6 is 0 Å². The summed E-state index contributed by atoms with van der Waals surface area (Å²) < 4.78 is 3.88. The predicted octanol–water partition coefficient (Wildman–Crippen LogP) is 1.53. The first kappa shape index (κ1) is 17.7. The number of rotatable bonds is 7. The third-order valence-corrected chi connectivity index (χ3v) is 3.98. The fourth-order valence-electron chi connectivity index (χ4n) is 2.57. The van der Waals surface area contributed by atoms with Crippen molar-refractivity contribution in [1.82, 2.24) is 34.9 Å². The van der Waals surface area contributed by atoms with Crippen molar-refractivity contribution in [2.45, 2.75) is 26.4 Å². The zero-order chi connectivity index (χ0) is 18.2. The summed E-state index contributed by atoms with van der Waals surface area (Å²) in [5, 5.41) is 10.8. The standard InChI is InChI=1S/C18H24N8/c1-15-20-9-12-26(15)17-6-5-16(13-22-17)14-23-18(19-2)21-7-3-10-25-11-4-8-24-25/h4-6,8-9,11-13H,3,7,10,14H2,1-2H3,(H2,19,21,23). The molecule has 0 bridgehead atoms. The van der Waals surface area contributed by atoms with E-state index in [4.69, 9.17) is 0 Å². The van der Waals surface area contributed by atoms with Crippen LogP contribution in [-0.2, 0) is 13.1 Å². The van der Waals surface area contributed by atoms with E-state index in [2.05, 4.69) is 36.8 Å². The van der Waals surface area contributed by atoms with Gasteiger partial charge in [0.15, 0.2) is 5.96 Å². The molecule has 0 unspecified atom stereocenters. The van der Waals surface area contributed by atoms with Gasteiger partial charge in [0.05, 0.1) is 0 Å². The first-order valence-corrected chi connectivity index (χ1v) is 8.63. The van der Waals surface area contributed by atoms with E-state index >= 15 is 0 Å². The SMILES string of the molecule is CN=C(NCCCn1cccn1)NCc1ccc(-n2ccnc2C)nc1. The zero-order valence-corrected chi connectivity index (χ0v) is 15.1. The molecule has 3 aromatic heterocycles. The van der Waals surface area contributed by atoms with Crippen LogP contribution in [0.4, 0.5) is 0 Å². The Kier molecular flexibility index (Phi) is 5.97. The average molecular weight is 352 g/mol. The number of aromatic nitrogens is 5. The minimum absolute atomic E-state index is 0.662. The molecule has 3 heterocycles. The Morgan fingerprint density at radius 2 is 2.08 bits per heavy atom. The topological polar surface area (TPSA) is 85.0 Å². The van der Waals surface area contributed by atoms with Crippen LogP contribution in [0, 0.1) is 6.92 Å². The van der Waals surface area contributed by atoms with Gasteiger partial charge < -0.3 is 10.6 Å². The number of hydrogen-bond donors (Lipinski definition) is 2. The molecule has 0 fully saturated rings. The molecule has 0 spiro atoms. The molecule has 0 atom stereocenters. The number of guanidine groups is 1. The molecular weight excluding hydrogens is 328 g/mol. The van der Waals surface area contributed by atoms with Gasteiger partial charge in [-0.25, -0.2) is 9.97 Å². The van der Waals surface area contributed by atoms with Crippen molar-refractivity contribution in [3.63, 3.8) is 0 Å². The number of nitrogens with zero attached hydrogens (tertiary/aromatic N) is 6. The van der Waals surface area contributed by atoms with Gasteiger partial charge in [-0.05, 0) is 31.0 Å². The van der Waals surface area contributed by atoms with Crippen LogP contribution in [0.5, 0.6) is 0 Å². The predicted molar refractivity (Wildman–Crippen MR) is 101 cm³/mol. The summed E-state index contributed by atoms with van der Waals surface area (Å²) in [7, 11) is 1.77. The largest absolute Gasteiger partial charge is 0.356 e. The Bertz CT molecular complexity index is 817. The van der Waals surface area contributed by atoms with Crippen LogP contribution in [0.25, 0.3) is 5.82 Å². The maximum absolute atomic E-state index is 4.50. The number of hydrogen-bond acceptors (Lipinski definition) is 4. The number of imidazole rings is 1. The van der Waals surface area contributed by atoms with Crippen LogP contribution in [0.1, 0.15) is 17.8 Å². The molecule has 136 valence electrons. The van der Waals surface area contributed by atoms with Crippen LogP contribution in [0.15, 0.2) is 54.2 Å². The molecule has 0 amide bonds. The maximum Gasteiger partial charge on any atom is 0.191 e. The van der Waals surface area contributed by atoms with Crippen molar-refractivity contribution in [2.24, 2.45) is 4.99 Å². The summed E-state index contributed by atoms with van der Waals surface area (Å²) in [6, 6.07) is 5.98. The third-order valence-electron chi connectivity index (χ3n) is 3.98. The van der Waals surface area contributed by atoms with Crippen LogP contribution < -0.4 is 10.6 Å². The van der Waals surface area contributed by atoms with Gasteiger partial charge >= 0.3 is 0 Å². The van der Waals surface area contributed by atoms with Crippen molar-refractivity contribution >= 4 is 5.96 Å². The van der Waals surface area contributed by atoms with E-state index in [9.17, 15) is 0 Å². The molecule has 0 saturated carbocycles. The van der Waals surface area contributed by atoms with E-state index in [1.165, 1.54) is 0 Å². The highest BCUT2D eigenvalue weighted by Crippen LogP contribution is 2.08. The highest BCUT2D eigenvalue weighted by atomic mass is 15.3. The van der Waals surface area contributed by atoms with Crippen LogP contribution in [-0.4, -0.2) is 43.9 Å². The van der Waals surface area contributed by atoms with E-state index in [0.717, 1.165) is 42.7 Å². The maximum atomic E-state index is 4.50. The second-order valence-corrected chi connectivity index (χ2v) is 5.84. The smallest absolute Gasteiger partial charge is 0.191 e. The first-order chi connectivity index (χ1) is 12.8. The third kappa shape index (κ3) is 4.69. The molecule has 0 aromatic carbocycles. The molecule has 8 nitrogen and oxygen atoms in total. The lowest BCUT2D eigenvalue weighted by molar-refractivity contribution is 0.570. The fraction of sp³-hybridized carbons (Fsp3) is 0.333. The van der Waals surface area contributed by atoms with Gasteiger partial charge in [0.25, 0.3) is 0 Å². The minimum Gasteiger partial charge on any atom is -0.356 e. The quantitative estimate of drug-likeness (QED) is 0.383. The van der Waals surface area contributed by atoms with E-state index in [1.807, 2.05) is 46.9 Å². The molecule has 0 aliphatic rings. The van der Waals surface area contributed by atoms with E-state index in [1.54, 1.807) is 19.4 Å². The van der Waals surface area contributed by atoms with Gasteiger partial charge in [-0.2, -0.15) is 5.10 Å². The fourth-order valence-corrected chi connectivity index (χ4v) is 2.57. The number of nitrogens with one attached hydrogen (secondary N) is 2. The second-order valence-electron chi connectivity index (χ2n) is 5.84.